The molecule has 6 nitrogen and oxygen atoms in total. The number of rotatable bonds is 5. The molecule has 2 aromatic rings. The number of para-hydroxylation sites is 1. The van der Waals surface area contributed by atoms with E-state index in [9.17, 15) is 14.4 Å². The molecule has 1 atom stereocenters. The summed E-state index contributed by atoms with van der Waals surface area (Å²) in [6.07, 6.45) is 0.359. The first-order valence-corrected chi connectivity index (χ1v) is 8.06. The van der Waals surface area contributed by atoms with Crippen LogP contribution in [-0.2, 0) is 20.8 Å². The number of carbonyl (C=O) groups excluding carboxylic acids is 3. The third-order valence-corrected chi connectivity index (χ3v) is 4.16. The molecule has 0 radical (unpaired) electrons. The Morgan fingerprint density at radius 3 is 2.40 bits per heavy atom. The predicted octanol–water partition coefficient (Wildman–Crippen LogP) is 1.71. The van der Waals surface area contributed by atoms with E-state index in [0.29, 0.717) is 12.2 Å². The van der Waals surface area contributed by atoms with Gasteiger partial charge in [-0.25, -0.2) is 0 Å². The van der Waals surface area contributed by atoms with E-state index in [1.165, 1.54) is 0 Å². The number of nitrogens with one attached hydrogen (secondary N) is 1. The maximum atomic E-state index is 12.4. The van der Waals surface area contributed by atoms with Crippen molar-refractivity contribution in [2.75, 3.05) is 16.8 Å². The molecule has 0 bridgehead atoms. The maximum absolute atomic E-state index is 12.4. The molecule has 1 unspecified atom stereocenters. The highest BCUT2D eigenvalue weighted by Crippen LogP contribution is 2.25. The van der Waals surface area contributed by atoms with E-state index >= 15 is 0 Å². The van der Waals surface area contributed by atoms with Crippen LogP contribution >= 0.6 is 0 Å². The van der Waals surface area contributed by atoms with Crippen LogP contribution in [0.15, 0.2) is 54.6 Å². The van der Waals surface area contributed by atoms with Crippen molar-refractivity contribution in [3.05, 3.63) is 60.2 Å². The lowest BCUT2D eigenvalue weighted by Gasteiger charge is -2.16. The average molecular weight is 337 g/mol. The number of primary amides is 1. The van der Waals surface area contributed by atoms with Crippen LogP contribution in [0.4, 0.5) is 11.4 Å². The molecule has 6 heteroatoms. The second-order valence-corrected chi connectivity index (χ2v) is 6.07. The topological polar surface area (TPSA) is 92.5 Å². The van der Waals surface area contributed by atoms with Gasteiger partial charge >= 0.3 is 0 Å². The zero-order chi connectivity index (χ0) is 17.8. The Hall–Kier alpha value is -3.15. The lowest BCUT2D eigenvalue weighted by atomic mass is 10.1. The lowest BCUT2D eigenvalue weighted by molar-refractivity contribution is -0.122. The molecule has 0 saturated carbocycles. The molecule has 0 spiro atoms. The molecule has 0 aromatic heterocycles. The molecule has 25 heavy (non-hydrogen) atoms. The Labute approximate surface area is 145 Å². The van der Waals surface area contributed by atoms with Crippen molar-refractivity contribution in [1.29, 1.82) is 0 Å². The van der Waals surface area contributed by atoms with Crippen LogP contribution in [0.3, 0.4) is 0 Å². The first-order valence-electron chi connectivity index (χ1n) is 8.06. The summed E-state index contributed by atoms with van der Waals surface area (Å²) in [6.45, 7) is 0.369. The highest BCUT2D eigenvalue weighted by Gasteiger charge is 2.35. The minimum absolute atomic E-state index is 0.0526. The van der Waals surface area contributed by atoms with E-state index in [1.807, 2.05) is 30.3 Å². The molecule has 3 amide bonds. The van der Waals surface area contributed by atoms with Crippen molar-refractivity contribution in [2.24, 2.45) is 11.7 Å². The molecule has 2 aromatic carbocycles. The van der Waals surface area contributed by atoms with E-state index in [2.05, 4.69) is 5.32 Å². The van der Waals surface area contributed by atoms with Gasteiger partial charge in [0.2, 0.25) is 17.7 Å². The van der Waals surface area contributed by atoms with Gasteiger partial charge in [0.05, 0.1) is 12.3 Å². The fourth-order valence-corrected chi connectivity index (χ4v) is 2.89. The molecular weight excluding hydrogens is 318 g/mol. The summed E-state index contributed by atoms with van der Waals surface area (Å²) >= 11 is 0. The van der Waals surface area contributed by atoms with Crippen LogP contribution in [0.5, 0.6) is 0 Å². The Kier molecular flexibility index (Phi) is 4.79. The van der Waals surface area contributed by atoms with Crippen molar-refractivity contribution >= 4 is 29.1 Å². The van der Waals surface area contributed by atoms with Gasteiger partial charge < -0.3 is 16.0 Å². The maximum Gasteiger partial charge on any atom is 0.229 e. The predicted molar refractivity (Wildman–Crippen MR) is 94.9 cm³/mol. The van der Waals surface area contributed by atoms with Gasteiger partial charge in [-0.1, -0.05) is 30.3 Å². The first kappa shape index (κ1) is 16.7. The molecular formula is C19H19N3O3. The Balaban J connectivity index is 1.62. The van der Waals surface area contributed by atoms with Crippen molar-refractivity contribution in [3.63, 3.8) is 0 Å². The van der Waals surface area contributed by atoms with E-state index in [4.69, 9.17) is 5.73 Å². The van der Waals surface area contributed by atoms with Crippen molar-refractivity contribution in [1.82, 2.24) is 0 Å². The summed E-state index contributed by atoms with van der Waals surface area (Å²) in [5.41, 5.74) is 7.38. The van der Waals surface area contributed by atoms with Crippen molar-refractivity contribution < 1.29 is 14.4 Å². The van der Waals surface area contributed by atoms with Gasteiger partial charge in [-0.3, -0.25) is 14.4 Å². The summed E-state index contributed by atoms with van der Waals surface area (Å²) < 4.78 is 0. The van der Waals surface area contributed by atoms with E-state index < -0.39 is 11.8 Å². The molecule has 1 fully saturated rings. The molecule has 128 valence electrons. The SMILES string of the molecule is NC(=O)Cc1ccc(NC(=O)C2CC(=O)N(c3ccccc3)C2)cc1. The first-order chi connectivity index (χ1) is 12.0. The molecule has 3 rings (SSSR count). The van der Waals surface area contributed by atoms with Gasteiger partial charge in [0, 0.05) is 24.3 Å². The monoisotopic (exact) mass is 337 g/mol. The summed E-state index contributed by atoms with van der Waals surface area (Å²) in [5, 5.41) is 2.82. The minimum atomic E-state index is -0.401. The lowest BCUT2D eigenvalue weighted by Crippen LogP contribution is -2.28. The molecule has 1 aliphatic rings. The zero-order valence-electron chi connectivity index (χ0n) is 13.6. The number of hydrogen-bond acceptors (Lipinski definition) is 3. The molecule has 3 N–H and O–H groups in total. The van der Waals surface area contributed by atoms with Crippen LogP contribution in [0.1, 0.15) is 12.0 Å². The van der Waals surface area contributed by atoms with Crippen LogP contribution < -0.4 is 16.0 Å². The van der Waals surface area contributed by atoms with Crippen molar-refractivity contribution in [2.45, 2.75) is 12.8 Å². The van der Waals surface area contributed by atoms with Gasteiger partial charge in [0.15, 0.2) is 0 Å². The quantitative estimate of drug-likeness (QED) is 0.870. The number of nitrogens with zero attached hydrogens (tertiary/aromatic N) is 1. The summed E-state index contributed by atoms with van der Waals surface area (Å²) in [7, 11) is 0. The standard InChI is InChI=1S/C19H19N3O3/c20-17(23)10-13-6-8-15(9-7-13)21-19(25)14-11-18(24)22(12-14)16-4-2-1-3-5-16/h1-9,14H,10-12H2,(H2,20,23)(H,21,25). The number of anilines is 2. The minimum Gasteiger partial charge on any atom is -0.369 e. The Morgan fingerprint density at radius 1 is 1.08 bits per heavy atom. The van der Waals surface area contributed by atoms with Crippen LogP contribution in [-0.4, -0.2) is 24.3 Å². The molecule has 0 aliphatic carbocycles. The number of carbonyl (C=O) groups is 3. The number of benzene rings is 2. The number of hydrogen-bond donors (Lipinski definition) is 2. The number of nitrogens with two attached hydrogens (primary N) is 1. The van der Waals surface area contributed by atoms with Gasteiger partial charge in [-0.05, 0) is 29.8 Å². The summed E-state index contributed by atoms with van der Waals surface area (Å²) in [4.78, 5) is 37.2. The largest absolute Gasteiger partial charge is 0.369 e. The molecule has 1 saturated heterocycles. The summed E-state index contributed by atoms with van der Waals surface area (Å²) in [6, 6.07) is 16.3. The van der Waals surface area contributed by atoms with Gasteiger partial charge in [0.1, 0.15) is 0 Å². The van der Waals surface area contributed by atoms with E-state index in [1.54, 1.807) is 29.2 Å². The van der Waals surface area contributed by atoms with E-state index in [0.717, 1.165) is 11.3 Å². The second-order valence-electron chi connectivity index (χ2n) is 6.07. The average Bonchev–Trinajstić information content (AvgIpc) is 2.99. The van der Waals surface area contributed by atoms with Gasteiger partial charge in [0.25, 0.3) is 0 Å². The normalized spacial score (nSPS) is 16.7. The fraction of sp³-hybridized carbons (Fsp3) is 0.211. The van der Waals surface area contributed by atoms with Crippen LogP contribution in [0.25, 0.3) is 0 Å². The van der Waals surface area contributed by atoms with Gasteiger partial charge in [-0.2, -0.15) is 0 Å². The second kappa shape index (κ2) is 7.17. The van der Waals surface area contributed by atoms with Crippen LogP contribution in [0, 0.1) is 5.92 Å². The highest BCUT2D eigenvalue weighted by atomic mass is 16.2. The van der Waals surface area contributed by atoms with Crippen molar-refractivity contribution in [3.8, 4) is 0 Å². The highest BCUT2D eigenvalue weighted by molar-refractivity contribution is 6.03. The van der Waals surface area contributed by atoms with Crippen LogP contribution in [0.2, 0.25) is 0 Å². The summed E-state index contributed by atoms with van der Waals surface area (Å²) in [5.74, 6) is -1.03. The third-order valence-electron chi connectivity index (χ3n) is 4.16. The third kappa shape index (κ3) is 4.03. The number of amides is 3. The van der Waals surface area contributed by atoms with Gasteiger partial charge in [-0.15, -0.1) is 0 Å². The fourth-order valence-electron chi connectivity index (χ4n) is 2.89. The van der Waals surface area contributed by atoms with E-state index in [-0.39, 0.29) is 24.7 Å². The molecule has 1 aliphatic heterocycles. The Morgan fingerprint density at radius 2 is 1.76 bits per heavy atom. The Bertz CT molecular complexity index is 787. The zero-order valence-corrected chi connectivity index (χ0v) is 13.6. The molecule has 1 heterocycles. The smallest absolute Gasteiger partial charge is 0.229 e.